The molecule has 1 amide bonds. The molecule has 0 radical (unpaired) electrons. The molecule has 4 nitrogen and oxygen atoms in total. The maximum atomic E-state index is 12.5. The summed E-state index contributed by atoms with van der Waals surface area (Å²) in [6.07, 6.45) is 4.46. The van der Waals surface area contributed by atoms with Crippen molar-refractivity contribution in [3.05, 3.63) is 66.7 Å². The van der Waals surface area contributed by atoms with Gasteiger partial charge in [0.2, 0.25) is 0 Å². The second-order valence-electron chi connectivity index (χ2n) is 7.28. The molecule has 1 saturated carbocycles. The van der Waals surface area contributed by atoms with Gasteiger partial charge in [-0.3, -0.25) is 4.79 Å². The van der Waals surface area contributed by atoms with Crippen LogP contribution in [0.5, 0.6) is 11.5 Å². The summed E-state index contributed by atoms with van der Waals surface area (Å²) in [5.74, 6) is 1.38. The number of benzene rings is 3. The van der Waals surface area contributed by atoms with E-state index < -0.39 is 6.10 Å². The van der Waals surface area contributed by atoms with Gasteiger partial charge in [-0.25, -0.2) is 0 Å². The zero-order valence-corrected chi connectivity index (χ0v) is 16.1. The molecular formula is C24H25NO3. The van der Waals surface area contributed by atoms with Gasteiger partial charge in [0.15, 0.2) is 6.10 Å². The van der Waals surface area contributed by atoms with Crippen molar-refractivity contribution in [2.75, 3.05) is 5.32 Å². The van der Waals surface area contributed by atoms with Crippen LogP contribution < -0.4 is 14.8 Å². The number of hydrogen-bond acceptors (Lipinski definition) is 3. The Morgan fingerprint density at radius 3 is 2.46 bits per heavy atom. The predicted octanol–water partition coefficient (Wildman–Crippen LogP) is 5.57. The number of amides is 1. The zero-order valence-electron chi connectivity index (χ0n) is 16.1. The van der Waals surface area contributed by atoms with E-state index in [1.165, 1.54) is 12.8 Å². The molecule has 4 rings (SSSR count). The highest BCUT2D eigenvalue weighted by Gasteiger charge is 2.18. The molecule has 3 aromatic rings. The first-order valence-electron chi connectivity index (χ1n) is 9.91. The van der Waals surface area contributed by atoms with Crippen LogP contribution in [0.15, 0.2) is 66.7 Å². The Hall–Kier alpha value is -3.01. The maximum Gasteiger partial charge on any atom is 0.265 e. The average molecular weight is 375 g/mol. The van der Waals surface area contributed by atoms with Crippen molar-refractivity contribution in [2.24, 2.45) is 0 Å². The van der Waals surface area contributed by atoms with Gasteiger partial charge in [0.1, 0.15) is 11.5 Å². The van der Waals surface area contributed by atoms with E-state index in [0.29, 0.717) is 11.9 Å². The molecule has 1 unspecified atom stereocenters. The van der Waals surface area contributed by atoms with Crippen molar-refractivity contribution in [1.29, 1.82) is 0 Å². The van der Waals surface area contributed by atoms with Gasteiger partial charge in [0.25, 0.3) is 5.91 Å². The minimum atomic E-state index is -0.611. The summed E-state index contributed by atoms with van der Waals surface area (Å²) in [5.41, 5.74) is 0.733. The zero-order chi connectivity index (χ0) is 19.3. The molecule has 144 valence electrons. The molecule has 0 aliphatic heterocycles. The van der Waals surface area contributed by atoms with Crippen LogP contribution in [0, 0.1) is 0 Å². The number of anilines is 1. The van der Waals surface area contributed by atoms with Crippen LogP contribution in [0.4, 0.5) is 5.69 Å². The fraction of sp³-hybridized carbons (Fsp3) is 0.292. The highest BCUT2D eigenvalue weighted by atomic mass is 16.5. The van der Waals surface area contributed by atoms with Gasteiger partial charge in [-0.15, -0.1) is 0 Å². The molecule has 0 aromatic heterocycles. The summed E-state index contributed by atoms with van der Waals surface area (Å²) in [7, 11) is 0. The van der Waals surface area contributed by atoms with Crippen molar-refractivity contribution >= 4 is 22.4 Å². The first-order valence-corrected chi connectivity index (χ1v) is 9.91. The first kappa shape index (κ1) is 18.4. The number of ether oxygens (including phenoxy) is 2. The standard InChI is InChI=1S/C24H25NO3/c1-17(27-23-12-6-8-18-7-2-5-11-22(18)23)24(26)25-19-13-15-21(16-14-19)28-20-9-3-4-10-20/h2,5-8,11-17,20H,3-4,9-10H2,1H3,(H,25,26). The Morgan fingerprint density at radius 2 is 1.68 bits per heavy atom. The van der Waals surface area contributed by atoms with E-state index in [1.807, 2.05) is 66.7 Å². The minimum absolute atomic E-state index is 0.183. The molecular weight excluding hydrogens is 350 g/mol. The Bertz CT molecular complexity index is 940. The smallest absolute Gasteiger partial charge is 0.265 e. The van der Waals surface area contributed by atoms with E-state index in [0.717, 1.165) is 35.1 Å². The van der Waals surface area contributed by atoms with E-state index in [1.54, 1.807) is 6.92 Å². The van der Waals surface area contributed by atoms with Crippen molar-refractivity contribution in [2.45, 2.75) is 44.8 Å². The molecule has 4 heteroatoms. The number of carbonyl (C=O) groups excluding carboxylic acids is 1. The number of rotatable bonds is 6. The predicted molar refractivity (Wildman–Crippen MR) is 112 cm³/mol. The van der Waals surface area contributed by atoms with E-state index in [4.69, 9.17) is 9.47 Å². The fourth-order valence-electron chi connectivity index (χ4n) is 3.60. The van der Waals surface area contributed by atoms with Gasteiger partial charge in [-0.05, 0) is 68.3 Å². The summed E-state index contributed by atoms with van der Waals surface area (Å²) in [5, 5.41) is 5.00. The molecule has 28 heavy (non-hydrogen) atoms. The maximum absolute atomic E-state index is 12.5. The van der Waals surface area contributed by atoms with E-state index in [-0.39, 0.29) is 5.91 Å². The summed E-state index contributed by atoms with van der Waals surface area (Å²) >= 11 is 0. The summed E-state index contributed by atoms with van der Waals surface area (Å²) in [4.78, 5) is 12.5. The number of hydrogen-bond donors (Lipinski definition) is 1. The lowest BCUT2D eigenvalue weighted by atomic mass is 10.1. The Kier molecular flexibility index (Phi) is 5.47. The van der Waals surface area contributed by atoms with Gasteiger partial charge in [0.05, 0.1) is 6.10 Å². The second-order valence-corrected chi connectivity index (χ2v) is 7.28. The summed E-state index contributed by atoms with van der Waals surface area (Å²) in [6.45, 7) is 1.76. The Morgan fingerprint density at radius 1 is 0.964 bits per heavy atom. The molecule has 1 atom stereocenters. The Labute approximate surface area is 165 Å². The van der Waals surface area contributed by atoms with E-state index >= 15 is 0 Å². The van der Waals surface area contributed by atoms with Gasteiger partial charge < -0.3 is 14.8 Å². The number of nitrogens with one attached hydrogen (secondary N) is 1. The third-order valence-corrected chi connectivity index (χ3v) is 5.15. The average Bonchev–Trinajstić information content (AvgIpc) is 3.23. The molecule has 0 saturated heterocycles. The Balaban J connectivity index is 1.37. The monoisotopic (exact) mass is 375 g/mol. The van der Waals surface area contributed by atoms with Gasteiger partial charge >= 0.3 is 0 Å². The van der Waals surface area contributed by atoms with Crippen LogP contribution in [-0.4, -0.2) is 18.1 Å². The van der Waals surface area contributed by atoms with Gasteiger partial charge in [0, 0.05) is 11.1 Å². The molecule has 1 N–H and O–H groups in total. The first-order chi connectivity index (χ1) is 13.7. The molecule has 0 spiro atoms. The number of fused-ring (bicyclic) bond motifs is 1. The van der Waals surface area contributed by atoms with Crippen molar-refractivity contribution in [3.63, 3.8) is 0 Å². The fourth-order valence-corrected chi connectivity index (χ4v) is 3.60. The third kappa shape index (κ3) is 4.28. The highest BCUT2D eigenvalue weighted by Crippen LogP contribution is 2.27. The second kappa shape index (κ2) is 8.34. The van der Waals surface area contributed by atoms with E-state index in [9.17, 15) is 4.79 Å². The molecule has 0 bridgehead atoms. The normalized spacial score (nSPS) is 15.3. The minimum Gasteiger partial charge on any atom is -0.490 e. The van der Waals surface area contributed by atoms with Crippen LogP contribution in [0.2, 0.25) is 0 Å². The largest absolute Gasteiger partial charge is 0.490 e. The molecule has 1 fully saturated rings. The number of carbonyl (C=O) groups is 1. The van der Waals surface area contributed by atoms with Gasteiger partial charge in [-0.2, -0.15) is 0 Å². The van der Waals surface area contributed by atoms with Crippen molar-refractivity contribution in [1.82, 2.24) is 0 Å². The van der Waals surface area contributed by atoms with Crippen LogP contribution in [0.1, 0.15) is 32.6 Å². The van der Waals surface area contributed by atoms with Crippen molar-refractivity contribution < 1.29 is 14.3 Å². The molecule has 3 aromatic carbocycles. The van der Waals surface area contributed by atoms with Crippen LogP contribution in [0.25, 0.3) is 10.8 Å². The lowest BCUT2D eigenvalue weighted by Gasteiger charge is -2.17. The van der Waals surface area contributed by atoms with Gasteiger partial charge in [-0.1, -0.05) is 36.4 Å². The summed E-state index contributed by atoms with van der Waals surface area (Å²) in [6, 6.07) is 21.4. The van der Waals surface area contributed by atoms with E-state index in [2.05, 4.69) is 5.32 Å². The van der Waals surface area contributed by atoms with Crippen LogP contribution >= 0.6 is 0 Å². The SMILES string of the molecule is CC(Oc1cccc2ccccc12)C(=O)Nc1ccc(OC2CCCC2)cc1. The molecule has 0 heterocycles. The van der Waals surface area contributed by atoms with Crippen LogP contribution in [-0.2, 0) is 4.79 Å². The quantitative estimate of drug-likeness (QED) is 0.613. The lowest BCUT2D eigenvalue weighted by molar-refractivity contribution is -0.122. The highest BCUT2D eigenvalue weighted by molar-refractivity contribution is 5.95. The third-order valence-electron chi connectivity index (χ3n) is 5.15. The molecule has 1 aliphatic carbocycles. The van der Waals surface area contributed by atoms with Crippen LogP contribution in [0.3, 0.4) is 0 Å². The van der Waals surface area contributed by atoms with Crippen molar-refractivity contribution in [3.8, 4) is 11.5 Å². The molecule has 1 aliphatic rings. The topological polar surface area (TPSA) is 47.6 Å². The summed E-state index contributed by atoms with van der Waals surface area (Å²) < 4.78 is 11.9. The lowest BCUT2D eigenvalue weighted by Crippen LogP contribution is -2.30.